The van der Waals surface area contributed by atoms with E-state index in [1.165, 1.54) is 30.5 Å². The van der Waals surface area contributed by atoms with Gasteiger partial charge in [-0.15, -0.1) is 0 Å². The molecule has 1 N–H and O–H groups in total. The number of ether oxygens (including phenoxy) is 2. The first-order valence-electron chi connectivity index (χ1n) is 9.39. The maximum Gasteiger partial charge on any atom is 0.271 e. The van der Waals surface area contributed by atoms with Crippen molar-refractivity contribution in [3.05, 3.63) is 91.8 Å². The summed E-state index contributed by atoms with van der Waals surface area (Å²) in [6.45, 7) is 2.73. The molecule has 3 aromatic carbocycles. The van der Waals surface area contributed by atoms with E-state index in [1.807, 2.05) is 37.3 Å². The lowest BCUT2D eigenvalue weighted by atomic mass is 10.2. The maximum atomic E-state index is 13.0. The van der Waals surface area contributed by atoms with Crippen LogP contribution in [0.25, 0.3) is 0 Å². The zero-order chi connectivity index (χ0) is 22.2. The topological polar surface area (TPSA) is 59.9 Å². The lowest BCUT2D eigenvalue weighted by Gasteiger charge is -2.15. The molecule has 0 spiro atoms. The standard InChI is InChI=1S/C23H19ClFIN2O3/c1-2-30-21-12-16(13-27-28-23(29)17-5-9-19(25)10-6-17)11-20(26)22(21)31-14-15-3-7-18(24)8-4-15/h3-13H,2,14H2,1H3,(H,28,29)/b27-13-. The first kappa shape index (κ1) is 23.0. The van der Waals surface area contributed by atoms with Crippen molar-refractivity contribution < 1.29 is 18.7 Å². The Labute approximate surface area is 198 Å². The van der Waals surface area contributed by atoms with Crippen molar-refractivity contribution in [3.8, 4) is 11.5 Å². The molecule has 3 aromatic rings. The van der Waals surface area contributed by atoms with Crippen LogP contribution >= 0.6 is 34.2 Å². The second-order valence-corrected chi connectivity index (χ2v) is 7.98. The van der Waals surface area contributed by atoms with E-state index in [4.69, 9.17) is 21.1 Å². The monoisotopic (exact) mass is 552 g/mol. The lowest BCUT2D eigenvalue weighted by molar-refractivity contribution is 0.0955. The van der Waals surface area contributed by atoms with Gasteiger partial charge in [0.1, 0.15) is 12.4 Å². The fraction of sp³-hybridized carbons (Fsp3) is 0.130. The third kappa shape index (κ3) is 6.67. The van der Waals surface area contributed by atoms with Gasteiger partial charge in [-0.25, -0.2) is 9.82 Å². The largest absolute Gasteiger partial charge is 0.490 e. The number of carbonyl (C=O) groups excluding carboxylic acids is 1. The molecule has 0 unspecified atom stereocenters. The summed E-state index contributed by atoms with van der Waals surface area (Å²) in [6.07, 6.45) is 1.51. The Kier molecular flexibility index (Phi) is 8.25. The Hall–Kier alpha value is -2.65. The number of amides is 1. The molecule has 0 saturated carbocycles. The van der Waals surface area contributed by atoms with Crippen molar-refractivity contribution >= 4 is 46.3 Å². The minimum Gasteiger partial charge on any atom is -0.490 e. The third-order valence-corrected chi connectivity index (χ3v) is 5.17. The molecular formula is C23H19ClFIN2O3. The van der Waals surface area contributed by atoms with Crippen molar-refractivity contribution in [2.24, 2.45) is 5.10 Å². The predicted molar refractivity (Wildman–Crippen MR) is 128 cm³/mol. The number of hydrogen-bond donors (Lipinski definition) is 1. The first-order chi connectivity index (χ1) is 15.0. The Balaban J connectivity index is 1.71. The lowest BCUT2D eigenvalue weighted by Crippen LogP contribution is -2.17. The molecule has 0 saturated heterocycles. The highest BCUT2D eigenvalue weighted by Gasteiger charge is 2.12. The number of hydrazone groups is 1. The molecular weight excluding hydrogens is 534 g/mol. The molecule has 160 valence electrons. The van der Waals surface area contributed by atoms with Crippen LogP contribution in [0.2, 0.25) is 5.02 Å². The van der Waals surface area contributed by atoms with Crippen LogP contribution in [0.3, 0.4) is 0 Å². The van der Waals surface area contributed by atoms with E-state index in [2.05, 4.69) is 33.1 Å². The van der Waals surface area contributed by atoms with Gasteiger partial charge < -0.3 is 9.47 Å². The number of nitrogens with zero attached hydrogens (tertiary/aromatic N) is 1. The third-order valence-electron chi connectivity index (χ3n) is 4.11. The van der Waals surface area contributed by atoms with Gasteiger partial charge in [-0.2, -0.15) is 5.10 Å². The van der Waals surface area contributed by atoms with Gasteiger partial charge in [-0.1, -0.05) is 23.7 Å². The van der Waals surface area contributed by atoms with Gasteiger partial charge in [0.2, 0.25) is 0 Å². The molecule has 0 heterocycles. The van der Waals surface area contributed by atoms with Gasteiger partial charge in [0, 0.05) is 10.6 Å². The van der Waals surface area contributed by atoms with E-state index in [0.29, 0.717) is 35.3 Å². The van der Waals surface area contributed by atoms with Gasteiger partial charge in [0.05, 0.1) is 16.4 Å². The Morgan fingerprint density at radius 3 is 2.52 bits per heavy atom. The minimum absolute atomic E-state index is 0.314. The summed E-state index contributed by atoms with van der Waals surface area (Å²) in [7, 11) is 0. The summed E-state index contributed by atoms with van der Waals surface area (Å²) in [4.78, 5) is 12.1. The molecule has 8 heteroatoms. The van der Waals surface area contributed by atoms with Crippen molar-refractivity contribution in [2.45, 2.75) is 13.5 Å². The molecule has 0 aliphatic carbocycles. The Bertz CT molecular complexity index is 1070. The van der Waals surface area contributed by atoms with Crippen LogP contribution in [-0.2, 0) is 6.61 Å². The van der Waals surface area contributed by atoms with Crippen molar-refractivity contribution in [1.29, 1.82) is 0 Å². The van der Waals surface area contributed by atoms with Gasteiger partial charge in [-0.3, -0.25) is 4.79 Å². The van der Waals surface area contributed by atoms with Crippen LogP contribution in [0.4, 0.5) is 4.39 Å². The van der Waals surface area contributed by atoms with Gasteiger partial charge >= 0.3 is 0 Å². The van der Waals surface area contributed by atoms with Crippen molar-refractivity contribution in [3.63, 3.8) is 0 Å². The summed E-state index contributed by atoms with van der Waals surface area (Å²) < 4.78 is 25.5. The van der Waals surface area contributed by atoms with E-state index in [0.717, 1.165) is 14.7 Å². The molecule has 5 nitrogen and oxygen atoms in total. The zero-order valence-electron chi connectivity index (χ0n) is 16.6. The van der Waals surface area contributed by atoms with Crippen LogP contribution in [0.1, 0.15) is 28.4 Å². The van der Waals surface area contributed by atoms with Crippen molar-refractivity contribution in [2.75, 3.05) is 6.61 Å². The number of rotatable bonds is 8. The number of carbonyl (C=O) groups is 1. The average Bonchev–Trinajstić information content (AvgIpc) is 2.75. The summed E-state index contributed by atoms with van der Waals surface area (Å²) in [5.74, 6) is 0.370. The SMILES string of the molecule is CCOc1cc(/C=N\NC(=O)c2ccc(F)cc2)cc(I)c1OCc1ccc(Cl)cc1. The number of nitrogens with one attached hydrogen (secondary N) is 1. The molecule has 0 aromatic heterocycles. The van der Waals surface area contributed by atoms with Crippen molar-refractivity contribution in [1.82, 2.24) is 5.43 Å². The summed E-state index contributed by atoms with van der Waals surface area (Å²) >= 11 is 8.09. The first-order valence-corrected chi connectivity index (χ1v) is 10.8. The zero-order valence-corrected chi connectivity index (χ0v) is 19.5. The second kappa shape index (κ2) is 11.1. The molecule has 3 rings (SSSR count). The molecule has 0 radical (unpaired) electrons. The van der Waals surface area contributed by atoms with E-state index in [9.17, 15) is 9.18 Å². The highest BCUT2D eigenvalue weighted by atomic mass is 127. The van der Waals surface area contributed by atoms with E-state index in [-0.39, 0.29) is 0 Å². The average molecular weight is 553 g/mol. The maximum absolute atomic E-state index is 13.0. The highest BCUT2D eigenvalue weighted by Crippen LogP contribution is 2.34. The summed E-state index contributed by atoms with van der Waals surface area (Å²) in [5, 5.41) is 4.65. The Morgan fingerprint density at radius 2 is 1.84 bits per heavy atom. The quantitative estimate of drug-likeness (QED) is 0.218. The van der Waals surface area contributed by atoms with Crippen LogP contribution in [0.5, 0.6) is 11.5 Å². The van der Waals surface area contributed by atoms with E-state index < -0.39 is 11.7 Å². The number of benzene rings is 3. The van der Waals surface area contributed by atoms with Gasteiger partial charge in [-0.05, 0) is 89.2 Å². The minimum atomic E-state index is -0.432. The molecule has 1 amide bonds. The van der Waals surface area contributed by atoms with Gasteiger partial charge in [0.15, 0.2) is 11.5 Å². The predicted octanol–water partition coefficient (Wildman–Crippen LogP) is 5.83. The smallest absolute Gasteiger partial charge is 0.271 e. The molecule has 0 bridgehead atoms. The van der Waals surface area contributed by atoms with Crippen LogP contribution < -0.4 is 14.9 Å². The van der Waals surface area contributed by atoms with Crippen LogP contribution in [0, 0.1) is 9.39 Å². The summed E-state index contributed by atoms with van der Waals surface area (Å²) in [5.41, 5.74) is 4.45. The van der Waals surface area contributed by atoms with E-state index >= 15 is 0 Å². The Morgan fingerprint density at radius 1 is 1.13 bits per heavy atom. The van der Waals surface area contributed by atoms with E-state index in [1.54, 1.807) is 6.07 Å². The van der Waals surface area contributed by atoms with Crippen LogP contribution in [-0.4, -0.2) is 18.7 Å². The molecule has 0 atom stereocenters. The molecule has 0 aliphatic heterocycles. The number of hydrogen-bond acceptors (Lipinski definition) is 4. The molecule has 0 fully saturated rings. The summed E-state index contributed by atoms with van der Waals surface area (Å²) in [6, 6.07) is 16.3. The second-order valence-electron chi connectivity index (χ2n) is 6.38. The fourth-order valence-corrected chi connectivity index (χ4v) is 3.54. The number of halogens is 3. The fourth-order valence-electron chi connectivity index (χ4n) is 2.63. The molecule has 0 aliphatic rings. The van der Waals surface area contributed by atoms with Crippen LogP contribution in [0.15, 0.2) is 65.8 Å². The highest BCUT2D eigenvalue weighted by molar-refractivity contribution is 14.1. The van der Waals surface area contributed by atoms with Gasteiger partial charge in [0.25, 0.3) is 5.91 Å². The molecule has 31 heavy (non-hydrogen) atoms. The normalized spacial score (nSPS) is 10.8.